The van der Waals surface area contributed by atoms with Crippen molar-refractivity contribution in [3.8, 4) is 0 Å². The van der Waals surface area contributed by atoms with Gasteiger partial charge in [0.1, 0.15) is 0 Å². The van der Waals surface area contributed by atoms with Crippen LogP contribution in [0.25, 0.3) is 0 Å². The van der Waals surface area contributed by atoms with E-state index in [0.29, 0.717) is 6.61 Å². The summed E-state index contributed by atoms with van der Waals surface area (Å²) in [6.45, 7) is 2.34. The molecule has 0 spiro atoms. The Hall–Kier alpha value is -2.09. The van der Waals surface area contributed by atoms with Gasteiger partial charge in [-0.2, -0.15) is 0 Å². The first kappa shape index (κ1) is 18.3. The number of carbonyl (C=O) groups is 1. The fourth-order valence-electron chi connectivity index (χ4n) is 3.03. The van der Waals surface area contributed by atoms with Crippen LogP contribution in [0.15, 0.2) is 60.7 Å². The van der Waals surface area contributed by atoms with E-state index in [2.05, 4.69) is 48.5 Å². The molecule has 2 aromatic carbocycles. The minimum atomic E-state index is -0.0291. The zero-order valence-electron chi connectivity index (χ0n) is 14.6. The number of aryl methyl sites for hydroxylation is 2. The van der Waals surface area contributed by atoms with E-state index in [4.69, 9.17) is 4.74 Å². The Bertz CT molecular complexity index is 532. The van der Waals surface area contributed by atoms with Gasteiger partial charge in [-0.15, -0.1) is 0 Å². The third-order valence-corrected chi connectivity index (χ3v) is 4.34. The fourth-order valence-corrected chi connectivity index (χ4v) is 3.03. The Morgan fingerprint density at radius 1 is 0.833 bits per heavy atom. The standard InChI is InChI=1S/C22H28O2/c1-2-24-22(23)21(17-9-15-19-11-5-3-6-12-19)18-10-16-20-13-7-4-8-14-20/h3-8,11-14,21H,2,9-10,15-18H2,1H3. The van der Waals surface area contributed by atoms with Crippen molar-refractivity contribution < 1.29 is 9.53 Å². The molecule has 0 aliphatic carbocycles. The lowest BCUT2D eigenvalue weighted by molar-refractivity contribution is -0.148. The number of rotatable bonds is 10. The molecule has 0 radical (unpaired) electrons. The van der Waals surface area contributed by atoms with E-state index in [1.54, 1.807) is 0 Å². The average molecular weight is 324 g/mol. The van der Waals surface area contributed by atoms with Crippen LogP contribution < -0.4 is 0 Å². The Labute approximate surface area is 145 Å². The summed E-state index contributed by atoms with van der Waals surface area (Å²) in [5.74, 6) is -0.00371. The molecule has 2 heteroatoms. The summed E-state index contributed by atoms with van der Waals surface area (Å²) in [6.07, 6.45) is 5.91. The molecule has 0 aliphatic rings. The summed E-state index contributed by atoms with van der Waals surface area (Å²) in [7, 11) is 0. The van der Waals surface area contributed by atoms with E-state index in [0.717, 1.165) is 38.5 Å². The Morgan fingerprint density at radius 3 is 1.71 bits per heavy atom. The molecule has 128 valence electrons. The predicted molar refractivity (Wildman–Crippen MR) is 98.9 cm³/mol. The molecule has 0 amide bonds. The summed E-state index contributed by atoms with van der Waals surface area (Å²) < 4.78 is 5.27. The van der Waals surface area contributed by atoms with Gasteiger partial charge in [-0.05, 0) is 56.6 Å². The minimum absolute atomic E-state index is 0.0253. The number of ether oxygens (including phenoxy) is 1. The normalized spacial score (nSPS) is 10.8. The highest BCUT2D eigenvalue weighted by Gasteiger charge is 2.19. The molecular weight excluding hydrogens is 296 g/mol. The summed E-state index contributed by atoms with van der Waals surface area (Å²) in [6, 6.07) is 20.9. The van der Waals surface area contributed by atoms with Crippen molar-refractivity contribution in [2.45, 2.75) is 45.4 Å². The van der Waals surface area contributed by atoms with Gasteiger partial charge < -0.3 is 4.74 Å². The predicted octanol–water partition coefficient (Wildman–Crippen LogP) is 5.21. The van der Waals surface area contributed by atoms with Gasteiger partial charge in [0, 0.05) is 0 Å². The third-order valence-electron chi connectivity index (χ3n) is 4.34. The van der Waals surface area contributed by atoms with E-state index in [1.807, 2.05) is 19.1 Å². The van der Waals surface area contributed by atoms with Gasteiger partial charge in [0.05, 0.1) is 12.5 Å². The number of hydrogen-bond acceptors (Lipinski definition) is 2. The topological polar surface area (TPSA) is 26.3 Å². The lowest BCUT2D eigenvalue weighted by atomic mass is 9.93. The van der Waals surface area contributed by atoms with Crippen molar-refractivity contribution in [2.75, 3.05) is 6.61 Å². The van der Waals surface area contributed by atoms with Crippen molar-refractivity contribution >= 4 is 5.97 Å². The molecule has 0 saturated carbocycles. The Balaban J connectivity index is 1.79. The summed E-state index contributed by atoms with van der Waals surface area (Å²) in [5, 5.41) is 0. The molecule has 0 saturated heterocycles. The minimum Gasteiger partial charge on any atom is -0.466 e. The first-order chi connectivity index (χ1) is 11.8. The van der Waals surface area contributed by atoms with E-state index in [-0.39, 0.29) is 11.9 Å². The maximum atomic E-state index is 12.2. The molecule has 0 unspecified atom stereocenters. The van der Waals surface area contributed by atoms with Gasteiger partial charge in [-0.1, -0.05) is 60.7 Å². The quantitative estimate of drug-likeness (QED) is 0.561. The SMILES string of the molecule is CCOC(=O)C(CCCc1ccccc1)CCCc1ccccc1. The average Bonchev–Trinajstić information content (AvgIpc) is 2.62. The van der Waals surface area contributed by atoms with Crippen molar-refractivity contribution in [3.05, 3.63) is 71.8 Å². The van der Waals surface area contributed by atoms with Crippen molar-refractivity contribution in [2.24, 2.45) is 5.92 Å². The molecule has 0 aromatic heterocycles. The second-order valence-corrected chi connectivity index (χ2v) is 6.20. The van der Waals surface area contributed by atoms with Gasteiger partial charge in [0.2, 0.25) is 0 Å². The maximum absolute atomic E-state index is 12.2. The van der Waals surface area contributed by atoms with Crippen LogP contribution in [0.1, 0.15) is 43.7 Å². The van der Waals surface area contributed by atoms with E-state index in [9.17, 15) is 4.79 Å². The van der Waals surface area contributed by atoms with E-state index < -0.39 is 0 Å². The van der Waals surface area contributed by atoms with E-state index in [1.165, 1.54) is 11.1 Å². The molecule has 2 nitrogen and oxygen atoms in total. The Kier molecular flexibility index (Phi) is 8.09. The molecule has 0 atom stereocenters. The Morgan fingerprint density at radius 2 is 1.29 bits per heavy atom. The van der Waals surface area contributed by atoms with Gasteiger partial charge in [-0.3, -0.25) is 4.79 Å². The van der Waals surface area contributed by atoms with Crippen LogP contribution in [0.2, 0.25) is 0 Å². The van der Waals surface area contributed by atoms with Crippen molar-refractivity contribution in [1.82, 2.24) is 0 Å². The summed E-state index contributed by atoms with van der Waals surface area (Å²) in [4.78, 5) is 12.2. The second kappa shape index (κ2) is 10.6. The summed E-state index contributed by atoms with van der Waals surface area (Å²) >= 11 is 0. The highest BCUT2D eigenvalue weighted by molar-refractivity contribution is 5.72. The van der Waals surface area contributed by atoms with E-state index >= 15 is 0 Å². The highest BCUT2D eigenvalue weighted by atomic mass is 16.5. The van der Waals surface area contributed by atoms with Crippen LogP contribution in [-0.2, 0) is 22.4 Å². The number of hydrogen-bond donors (Lipinski definition) is 0. The maximum Gasteiger partial charge on any atom is 0.308 e. The van der Waals surface area contributed by atoms with Crippen LogP contribution in [0.5, 0.6) is 0 Å². The van der Waals surface area contributed by atoms with Gasteiger partial charge in [0.25, 0.3) is 0 Å². The number of carbonyl (C=O) groups excluding carboxylic acids is 1. The first-order valence-electron chi connectivity index (χ1n) is 9.04. The summed E-state index contributed by atoms with van der Waals surface area (Å²) in [5.41, 5.74) is 2.67. The van der Waals surface area contributed by atoms with Crippen LogP contribution in [-0.4, -0.2) is 12.6 Å². The van der Waals surface area contributed by atoms with Gasteiger partial charge in [0.15, 0.2) is 0 Å². The molecule has 0 N–H and O–H groups in total. The highest BCUT2D eigenvalue weighted by Crippen LogP contribution is 2.19. The molecule has 0 bridgehead atoms. The largest absolute Gasteiger partial charge is 0.466 e. The van der Waals surface area contributed by atoms with Gasteiger partial charge >= 0.3 is 5.97 Å². The van der Waals surface area contributed by atoms with Crippen molar-refractivity contribution in [1.29, 1.82) is 0 Å². The molecule has 2 aromatic rings. The fraction of sp³-hybridized carbons (Fsp3) is 0.409. The lowest BCUT2D eigenvalue weighted by Crippen LogP contribution is -2.18. The smallest absolute Gasteiger partial charge is 0.308 e. The molecule has 0 heterocycles. The second-order valence-electron chi connectivity index (χ2n) is 6.20. The third kappa shape index (κ3) is 6.57. The van der Waals surface area contributed by atoms with Gasteiger partial charge in [-0.25, -0.2) is 0 Å². The van der Waals surface area contributed by atoms with Crippen LogP contribution in [0.4, 0.5) is 0 Å². The molecule has 0 fully saturated rings. The lowest BCUT2D eigenvalue weighted by Gasteiger charge is -2.15. The monoisotopic (exact) mass is 324 g/mol. The van der Waals surface area contributed by atoms with Crippen molar-refractivity contribution in [3.63, 3.8) is 0 Å². The molecule has 2 rings (SSSR count). The first-order valence-corrected chi connectivity index (χ1v) is 9.04. The zero-order valence-corrected chi connectivity index (χ0v) is 14.6. The number of benzene rings is 2. The zero-order chi connectivity index (χ0) is 17.0. The molecule has 0 aliphatic heterocycles. The van der Waals surface area contributed by atoms with Crippen LogP contribution in [0.3, 0.4) is 0 Å². The van der Waals surface area contributed by atoms with Crippen LogP contribution in [0, 0.1) is 5.92 Å². The molecular formula is C22H28O2. The molecule has 24 heavy (non-hydrogen) atoms. The van der Waals surface area contributed by atoms with Crippen LogP contribution >= 0.6 is 0 Å². The number of esters is 1.